The Balaban J connectivity index is 1.86. The number of carbonyl (C=O) groups excluding carboxylic acids is 2. The maximum absolute atomic E-state index is 12.4. The molecule has 1 aliphatic rings. The van der Waals surface area contributed by atoms with Crippen LogP contribution in [-0.2, 0) is 9.47 Å². The van der Waals surface area contributed by atoms with Crippen LogP contribution in [-0.4, -0.2) is 50.3 Å². The number of hydrogen-bond donors (Lipinski definition) is 1. The predicted molar refractivity (Wildman–Crippen MR) is 101 cm³/mol. The van der Waals surface area contributed by atoms with Gasteiger partial charge in [0, 0.05) is 35.6 Å². The standard InChI is InChI=1S/C18H18BrN3O4/c1-25-18(24)15-9-14(2-3-16(15)22-4-6-26-7-5-22)21-17(23)12-8-13(19)11-20-10-12/h2-3,8-11H,4-7H2,1H3,(H,21,23). The van der Waals surface area contributed by atoms with Crippen LogP contribution in [0.25, 0.3) is 0 Å². The van der Waals surface area contributed by atoms with Crippen LogP contribution < -0.4 is 10.2 Å². The molecule has 26 heavy (non-hydrogen) atoms. The van der Waals surface area contributed by atoms with Crippen LogP contribution in [0.2, 0.25) is 0 Å². The van der Waals surface area contributed by atoms with Crippen LogP contribution >= 0.6 is 15.9 Å². The minimum absolute atomic E-state index is 0.311. The smallest absolute Gasteiger partial charge is 0.340 e. The molecular formula is C18H18BrN3O4. The molecule has 1 fully saturated rings. The number of halogens is 1. The fourth-order valence-corrected chi connectivity index (χ4v) is 3.07. The van der Waals surface area contributed by atoms with Crippen molar-refractivity contribution in [3.05, 3.63) is 52.3 Å². The van der Waals surface area contributed by atoms with Gasteiger partial charge in [-0.2, -0.15) is 0 Å². The fraction of sp³-hybridized carbons (Fsp3) is 0.278. The van der Waals surface area contributed by atoms with Gasteiger partial charge in [0.15, 0.2) is 0 Å². The van der Waals surface area contributed by atoms with E-state index in [1.165, 1.54) is 13.3 Å². The average molecular weight is 420 g/mol. The molecule has 1 aromatic heterocycles. The maximum atomic E-state index is 12.4. The van der Waals surface area contributed by atoms with E-state index < -0.39 is 5.97 Å². The SMILES string of the molecule is COC(=O)c1cc(NC(=O)c2cncc(Br)c2)ccc1N1CCOCC1. The van der Waals surface area contributed by atoms with Crippen molar-refractivity contribution in [1.82, 2.24) is 4.98 Å². The molecule has 0 unspecified atom stereocenters. The largest absolute Gasteiger partial charge is 0.465 e. The van der Waals surface area contributed by atoms with E-state index in [9.17, 15) is 9.59 Å². The van der Waals surface area contributed by atoms with Gasteiger partial charge in [0.25, 0.3) is 5.91 Å². The molecule has 2 aromatic rings. The Hall–Kier alpha value is -2.45. The maximum Gasteiger partial charge on any atom is 0.340 e. The summed E-state index contributed by atoms with van der Waals surface area (Å²) in [5, 5.41) is 2.78. The molecule has 1 aromatic carbocycles. The van der Waals surface area contributed by atoms with Crippen molar-refractivity contribution in [3.8, 4) is 0 Å². The number of hydrogen-bond acceptors (Lipinski definition) is 6. The van der Waals surface area contributed by atoms with Crippen LogP contribution in [0, 0.1) is 0 Å². The van der Waals surface area contributed by atoms with Gasteiger partial charge in [-0.05, 0) is 40.2 Å². The van der Waals surface area contributed by atoms with Crippen LogP contribution in [0.5, 0.6) is 0 Å². The molecule has 1 amide bonds. The van der Waals surface area contributed by atoms with E-state index >= 15 is 0 Å². The average Bonchev–Trinajstić information content (AvgIpc) is 2.68. The Morgan fingerprint density at radius 2 is 2.00 bits per heavy atom. The third-order valence-electron chi connectivity index (χ3n) is 3.98. The summed E-state index contributed by atoms with van der Waals surface area (Å²) in [6, 6.07) is 6.87. The number of anilines is 2. The van der Waals surface area contributed by atoms with Crippen LogP contribution in [0.1, 0.15) is 20.7 Å². The number of methoxy groups -OCH3 is 1. The summed E-state index contributed by atoms with van der Waals surface area (Å²) in [7, 11) is 1.34. The van der Waals surface area contributed by atoms with Crippen molar-refractivity contribution in [2.24, 2.45) is 0 Å². The summed E-state index contributed by atoms with van der Waals surface area (Å²) >= 11 is 3.29. The number of benzene rings is 1. The lowest BCUT2D eigenvalue weighted by Gasteiger charge is -2.30. The van der Waals surface area contributed by atoms with E-state index in [0.717, 1.165) is 5.69 Å². The van der Waals surface area contributed by atoms with E-state index in [-0.39, 0.29) is 5.91 Å². The minimum Gasteiger partial charge on any atom is -0.465 e. The summed E-state index contributed by atoms with van der Waals surface area (Å²) < 4.78 is 11.0. The predicted octanol–water partition coefficient (Wildman–Crippen LogP) is 2.72. The lowest BCUT2D eigenvalue weighted by Crippen LogP contribution is -2.37. The molecular weight excluding hydrogens is 402 g/mol. The number of carbonyl (C=O) groups is 2. The van der Waals surface area contributed by atoms with Gasteiger partial charge in [0.05, 0.1) is 37.1 Å². The van der Waals surface area contributed by atoms with Crippen molar-refractivity contribution >= 4 is 39.2 Å². The van der Waals surface area contributed by atoms with Gasteiger partial charge in [-0.1, -0.05) is 0 Å². The van der Waals surface area contributed by atoms with Crippen molar-refractivity contribution in [2.45, 2.75) is 0 Å². The molecule has 0 radical (unpaired) electrons. The summed E-state index contributed by atoms with van der Waals surface area (Å²) in [5.74, 6) is -0.763. The number of ether oxygens (including phenoxy) is 2. The molecule has 1 saturated heterocycles. The molecule has 8 heteroatoms. The molecule has 0 spiro atoms. The third kappa shape index (κ3) is 4.20. The van der Waals surface area contributed by atoms with Crippen LogP contribution in [0.15, 0.2) is 41.1 Å². The lowest BCUT2D eigenvalue weighted by atomic mass is 10.1. The number of rotatable bonds is 4. The number of aromatic nitrogens is 1. The topological polar surface area (TPSA) is 80.8 Å². The normalized spacial score (nSPS) is 14.0. The molecule has 0 aliphatic carbocycles. The van der Waals surface area contributed by atoms with Crippen LogP contribution in [0.4, 0.5) is 11.4 Å². The molecule has 0 bridgehead atoms. The highest BCUT2D eigenvalue weighted by atomic mass is 79.9. The second-order valence-electron chi connectivity index (χ2n) is 5.67. The molecule has 0 saturated carbocycles. The van der Waals surface area contributed by atoms with E-state index in [4.69, 9.17) is 9.47 Å². The highest BCUT2D eigenvalue weighted by Crippen LogP contribution is 2.26. The number of pyridine rings is 1. The lowest BCUT2D eigenvalue weighted by molar-refractivity contribution is 0.0600. The first-order valence-electron chi connectivity index (χ1n) is 8.05. The van der Waals surface area contributed by atoms with E-state index in [1.807, 2.05) is 6.07 Å². The molecule has 0 atom stereocenters. The molecule has 2 heterocycles. The molecule has 3 rings (SSSR count). The molecule has 1 N–H and O–H groups in total. The van der Waals surface area contributed by atoms with Crippen molar-refractivity contribution in [3.63, 3.8) is 0 Å². The van der Waals surface area contributed by atoms with E-state index in [1.54, 1.807) is 24.4 Å². The summed E-state index contributed by atoms with van der Waals surface area (Å²) in [6.07, 6.45) is 3.08. The Bertz CT molecular complexity index is 822. The Morgan fingerprint density at radius 1 is 1.23 bits per heavy atom. The zero-order chi connectivity index (χ0) is 18.5. The van der Waals surface area contributed by atoms with Gasteiger partial charge in [0.1, 0.15) is 0 Å². The van der Waals surface area contributed by atoms with Gasteiger partial charge in [-0.3, -0.25) is 9.78 Å². The Morgan fingerprint density at radius 3 is 2.69 bits per heavy atom. The van der Waals surface area contributed by atoms with Crippen molar-refractivity contribution in [2.75, 3.05) is 43.6 Å². The Labute approximate surface area is 159 Å². The zero-order valence-electron chi connectivity index (χ0n) is 14.2. The van der Waals surface area contributed by atoms with Gasteiger partial charge >= 0.3 is 5.97 Å². The van der Waals surface area contributed by atoms with Gasteiger partial charge in [-0.25, -0.2) is 4.79 Å². The Kier molecular flexibility index (Phi) is 5.85. The second-order valence-corrected chi connectivity index (χ2v) is 6.58. The van der Waals surface area contributed by atoms with Gasteiger partial charge < -0.3 is 19.7 Å². The quantitative estimate of drug-likeness (QED) is 0.767. The first-order valence-corrected chi connectivity index (χ1v) is 8.85. The summed E-state index contributed by atoms with van der Waals surface area (Å²) in [6.45, 7) is 2.60. The highest BCUT2D eigenvalue weighted by Gasteiger charge is 2.20. The number of amides is 1. The van der Waals surface area contributed by atoms with E-state index in [0.29, 0.717) is 47.6 Å². The summed E-state index contributed by atoms with van der Waals surface area (Å²) in [5.41, 5.74) is 2.09. The first kappa shape index (κ1) is 18.3. The molecule has 136 valence electrons. The number of nitrogens with zero attached hydrogens (tertiary/aromatic N) is 2. The third-order valence-corrected chi connectivity index (χ3v) is 4.41. The number of nitrogens with one attached hydrogen (secondary N) is 1. The van der Waals surface area contributed by atoms with Gasteiger partial charge in [-0.15, -0.1) is 0 Å². The number of esters is 1. The monoisotopic (exact) mass is 419 g/mol. The van der Waals surface area contributed by atoms with Crippen LogP contribution in [0.3, 0.4) is 0 Å². The first-order chi connectivity index (χ1) is 12.6. The fourth-order valence-electron chi connectivity index (χ4n) is 2.71. The van der Waals surface area contributed by atoms with Crippen molar-refractivity contribution in [1.29, 1.82) is 0 Å². The van der Waals surface area contributed by atoms with E-state index in [2.05, 4.69) is 31.1 Å². The molecule has 7 nitrogen and oxygen atoms in total. The highest BCUT2D eigenvalue weighted by molar-refractivity contribution is 9.10. The second kappa shape index (κ2) is 8.29. The number of morpholine rings is 1. The summed E-state index contributed by atoms with van der Waals surface area (Å²) in [4.78, 5) is 30.7. The minimum atomic E-state index is -0.452. The molecule has 1 aliphatic heterocycles. The van der Waals surface area contributed by atoms with Crippen molar-refractivity contribution < 1.29 is 19.1 Å². The van der Waals surface area contributed by atoms with Gasteiger partial charge in [0.2, 0.25) is 0 Å². The zero-order valence-corrected chi connectivity index (χ0v) is 15.8.